The normalized spacial score (nSPS) is 18.4. The molecular weight excluding hydrogens is 1120 g/mol. The number of nitrogens with zero attached hydrogens (tertiary/aromatic N) is 1. The van der Waals surface area contributed by atoms with Gasteiger partial charge >= 0.3 is 0 Å². The highest BCUT2D eigenvalue weighted by Crippen LogP contribution is 2.24. The summed E-state index contributed by atoms with van der Waals surface area (Å²) in [5.74, 6) is -6.87. The molecule has 0 aliphatic carbocycles. The van der Waals surface area contributed by atoms with E-state index in [1.54, 1.807) is 30.3 Å². The van der Waals surface area contributed by atoms with Gasteiger partial charge in [-0.15, -0.1) is 0 Å². The van der Waals surface area contributed by atoms with Crippen LogP contribution < -0.4 is 69.5 Å². The van der Waals surface area contributed by atoms with E-state index in [9.17, 15) is 58.5 Å². The highest BCUT2D eigenvalue weighted by Gasteiger charge is 2.40. The molecule has 476 valence electrons. The van der Waals surface area contributed by atoms with Crippen molar-refractivity contribution in [3.63, 3.8) is 0 Å². The lowest BCUT2D eigenvalue weighted by atomic mass is 9.98. The van der Waals surface area contributed by atoms with E-state index in [0.717, 1.165) is 10.9 Å². The SMILES string of the molecule is CCNC(=O)C1CCCN1C(O)C(CCCNC(=N)N)NC(=O)[C@H](CC(C)C)NC(=O)[C@@H](CC(C)C)NC(=O)[C@H](Cc1ccc(O)cc1)NC(=O)[C@H](CO)NC(=O)[C@H](Cc1c[nH]c2ccccc12)NC(=O)[C@H](CC1=CNCN1)NC(=O)[C@@H]1CCC(=O)N1. The first-order valence-corrected chi connectivity index (χ1v) is 29.8. The number of amides is 9. The van der Waals surface area contributed by atoms with Crippen LogP contribution in [0.2, 0.25) is 0 Å². The van der Waals surface area contributed by atoms with Crippen LogP contribution in [0.5, 0.6) is 5.75 Å². The van der Waals surface area contributed by atoms with Crippen LogP contribution in [0.4, 0.5) is 0 Å². The first kappa shape index (κ1) is 67.6. The molecule has 4 heterocycles. The molecule has 3 aliphatic heterocycles. The van der Waals surface area contributed by atoms with E-state index < -0.39 is 109 Å². The van der Waals surface area contributed by atoms with Crippen LogP contribution in [0.3, 0.4) is 0 Å². The van der Waals surface area contributed by atoms with Crippen molar-refractivity contribution in [3.05, 3.63) is 77.8 Å². The van der Waals surface area contributed by atoms with Crippen molar-refractivity contribution in [1.29, 1.82) is 5.41 Å². The predicted octanol–water partition coefficient (Wildman–Crippen LogP) is -2.02. The Balaban J connectivity index is 1.22. The Bertz CT molecular complexity index is 2920. The lowest BCUT2D eigenvalue weighted by Gasteiger charge is -2.35. The maximum atomic E-state index is 14.7. The number of nitrogens with one attached hydrogen (secondary N) is 14. The Morgan fingerprint density at radius 3 is 1.90 bits per heavy atom. The van der Waals surface area contributed by atoms with Gasteiger partial charge in [0.05, 0.1) is 25.4 Å². The van der Waals surface area contributed by atoms with Gasteiger partial charge in [0.15, 0.2) is 5.96 Å². The standard InChI is InChI=1S/C59H88N16O12/c1-6-63-57(86)48-14-10-22-75(48)58(87)41(13-9-21-64-59(60)61)68-51(80)42(23-32(2)3)69-52(81)43(24-33(4)5)70-53(82)44(25-34-15-17-37(77)18-16-34)71-56(85)47(30-76)74-54(83)45(26-35-28-65-39-12-8-7-11-38(35)39)72-55(84)46(27-36-29-62-31-66-36)73-50(79)40-19-20-49(78)67-40/h7-8,11-12,15-18,28-29,32-33,40-48,58,62,65-66,76-77,87H,6,9-10,13-14,19-27,30-31H2,1-5H3,(H,63,86)(H,67,78)(H,68,80)(H,69,81)(H,70,82)(H,71,85)(H,72,84)(H,73,79)(H,74,83)(H4,60,61,64)/t40-,41?,42-,43+,44-,45-,46-,47-,48?,58?/m0/s1. The van der Waals surface area contributed by atoms with E-state index in [4.69, 9.17) is 11.1 Å². The number of rotatable bonds is 33. The third-order valence-corrected chi connectivity index (χ3v) is 15.3. The van der Waals surface area contributed by atoms with Crippen LogP contribution in [0.15, 0.2) is 66.6 Å². The van der Waals surface area contributed by atoms with Gasteiger partial charge in [-0.3, -0.25) is 53.5 Å². The molecule has 9 amide bonds. The number of hydrogen-bond donors (Lipinski definition) is 18. The van der Waals surface area contributed by atoms with Crippen LogP contribution in [-0.2, 0) is 56.0 Å². The van der Waals surface area contributed by atoms with Crippen LogP contribution in [0.25, 0.3) is 10.9 Å². The molecule has 0 spiro atoms. The first-order chi connectivity index (χ1) is 41.5. The Hall–Kier alpha value is -8.50. The zero-order valence-corrected chi connectivity index (χ0v) is 50.1. The summed E-state index contributed by atoms with van der Waals surface area (Å²) in [6.07, 6.45) is 3.76. The number of guanidine groups is 1. The molecule has 2 aromatic carbocycles. The van der Waals surface area contributed by atoms with Crippen LogP contribution in [0, 0.1) is 17.2 Å². The van der Waals surface area contributed by atoms with Crippen LogP contribution >= 0.6 is 0 Å². The average Bonchev–Trinajstić information content (AvgIpc) is 2.39. The summed E-state index contributed by atoms with van der Waals surface area (Å²) < 4.78 is 0. The number of fused-ring (bicyclic) bond motifs is 1. The molecule has 0 saturated carbocycles. The number of aliphatic hydroxyl groups is 2. The van der Waals surface area contributed by atoms with Gasteiger partial charge in [-0.25, -0.2) is 0 Å². The number of aromatic amines is 1. The van der Waals surface area contributed by atoms with Crippen molar-refractivity contribution in [2.75, 3.05) is 32.9 Å². The summed E-state index contributed by atoms with van der Waals surface area (Å²) in [7, 11) is 0. The summed E-state index contributed by atoms with van der Waals surface area (Å²) in [6.45, 7) is 9.51. The minimum atomic E-state index is -1.74. The lowest BCUT2D eigenvalue weighted by molar-refractivity contribution is -0.136. The molecule has 0 bridgehead atoms. The number of aromatic nitrogens is 1. The second kappa shape index (κ2) is 32.9. The largest absolute Gasteiger partial charge is 0.508 e. The van der Waals surface area contributed by atoms with E-state index in [1.807, 2.05) is 45.9 Å². The number of carbonyl (C=O) groups excluding carboxylic acids is 9. The highest BCUT2D eigenvalue weighted by atomic mass is 16.3. The summed E-state index contributed by atoms with van der Waals surface area (Å²) in [5, 5.41) is 74.4. The van der Waals surface area contributed by atoms with Gasteiger partial charge < -0.3 is 89.8 Å². The van der Waals surface area contributed by atoms with Crippen molar-refractivity contribution in [3.8, 4) is 5.75 Å². The van der Waals surface area contributed by atoms with E-state index >= 15 is 0 Å². The molecule has 19 N–H and O–H groups in total. The minimum absolute atomic E-state index is 0.0391. The number of likely N-dealkylation sites (N-methyl/N-ethyl adjacent to an activating group) is 1. The van der Waals surface area contributed by atoms with Crippen molar-refractivity contribution < 1.29 is 58.5 Å². The monoisotopic (exact) mass is 1210 g/mol. The van der Waals surface area contributed by atoms with Gasteiger partial charge in [0.1, 0.15) is 54.3 Å². The molecule has 28 heteroatoms. The molecule has 28 nitrogen and oxygen atoms in total. The fraction of sp³-hybridized carbons (Fsp3) is 0.559. The second-order valence-electron chi connectivity index (χ2n) is 23.1. The Labute approximate surface area is 505 Å². The zero-order valence-electron chi connectivity index (χ0n) is 50.1. The molecule has 2 fully saturated rings. The van der Waals surface area contributed by atoms with E-state index in [2.05, 4.69) is 68.8 Å². The quantitative estimate of drug-likeness (QED) is 0.0178. The Kier molecular flexibility index (Phi) is 25.5. The van der Waals surface area contributed by atoms with E-state index in [0.29, 0.717) is 55.8 Å². The predicted molar refractivity (Wildman–Crippen MR) is 322 cm³/mol. The van der Waals surface area contributed by atoms with Gasteiger partial charge in [-0.1, -0.05) is 58.0 Å². The molecule has 3 aromatic rings. The lowest BCUT2D eigenvalue weighted by Crippen LogP contribution is -2.61. The number of aliphatic hydroxyl groups excluding tert-OH is 2. The molecule has 10 atom stereocenters. The molecular formula is C59H88N16O12. The molecule has 3 aliphatic rings. The second-order valence-corrected chi connectivity index (χ2v) is 23.1. The molecule has 0 radical (unpaired) electrons. The van der Waals surface area contributed by atoms with Gasteiger partial charge in [-0.2, -0.15) is 0 Å². The zero-order chi connectivity index (χ0) is 63.3. The minimum Gasteiger partial charge on any atom is -0.508 e. The highest BCUT2D eigenvalue weighted by molar-refractivity contribution is 5.99. The van der Waals surface area contributed by atoms with Crippen LogP contribution in [-0.4, -0.2) is 178 Å². The van der Waals surface area contributed by atoms with Gasteiger partial charge in [-0.05, 0) is 93.0 Å². The van der Waals surface area contributed by atoms with Crippen molar-refractivity contribution in [1.82, 2.24) is 73.7 Å². The van der Waals surface area contributed by atoms with Crippen LogP contribution in [0.1, 0.15) is 104 Å². The fourth-order valence-electron chi connectivity index (χ4n) is 10.8. The Morgan fingerprint density at radius 1 is 0.724 bits per heavy atom. The van der Waals surface area contributed by atoms with Crippen molar-refractivity contribution >= 4 is 70.0 Å². The molecule has 3 unspecified atom stereocenters. The number of phenols is 1. The van der Waals surface area contributed by atoms with E-state index in [1.165, 1.54) is 24.3 Å². The maximum Gasteiger partial charge on any atom is 0.245 e. The number of nitrogens with two attached hydrogens (primary N) is 1. The van der Waals surface area contributed by atoms with Gasteiger partial charge in [0.2, 0.25) is 53.2 Å². The first-order valence-electron chi connectivity index (χ1n) is 29.8. The third-order valence-electron chi connectivity index (χ3n) is 15.3. The number of H-pyrrole nitrogens is 1. The number of para-hydroxylation sites is 1. The van der Waals surface area contributed by atoms with Gasteiger partial charge in [0, 0.05) is 74.3 Å². The fourth-order valence-corrected chi connectivity index (χ4v) is 10.8. The number of benzene rings is 2. The number of aromatic hydroxyl groups is 1. The van der Waals surface area contributed by atoms with Crippen molar-refractivity contribution in [2.45, 2.75) is 166 Å². The van der Waals surface area contributed by atoms with E-state index in [-0.39, 0.29) is 93.3 Å². The summed E-state index contributed by atoms with van der Waals surface area (Å²) in [6, 6.07) is 2.11. The number of carbonyl (C=O) groups is 9. The van der Waals surface area contributed by atoms with Crippen molar-refractivity contribution in [2.24, 2.45) is 17.6 Å². The number of likely N-dealkylation sites (tertiary alicyclic amines) is 1. The van der Waals surface area contributed by atoms with Gasteiger partial charge in [0.25, 0.3) is 0 Å². The third kappa shape index (κ3) is 20.3. The maximum absolute atomic E-state index is 14.7. The number of hydrogen-bond acceptors (Lipinski definition) is 16. The number of phenolic OH excluding ortho intramolecular Hbond substituents is 1. The molecule has 1 aromatic heterocycles. The average molecular weight is 1210 g/mol. The summed E-state index contributed by atoms with van der Waals surface area (Å²) in [5.41, 5.74) is 7.86. The Morgan fingerprint density at radius 2 is 1.31 bits per heavy atom. The molecule has 6 rings (SSSR count). The topological polar surface area (TPSA) is 428 Å². The molecule has 87 heavy (non-hydrogen) atoms. The smallest absolute Gasteiger partial charge is 0.245 e. The molecule has 2 saturated heterocycles. The summed E-state index contributed by atoms with van der Waals surface area (Å²) >= 11 is 0. The summed E-state index contributed by atoms with van der Waals surface area (Å²) in [4.78, 5) is 130.